The van der Waals surface area contributed by atoms with Crippen LogP contribution in [-0.2, 0) is 6.18 Å². The lowest BCUT2D eigenvalue weighted by molar-refractivity contribution is -0.137. The van der Waals surface area contributed by atoms with Crippen LogP contribution in [0.2, 0.25) is 0 Å². The summed E-state index contributed by atoms with van der Waals surface area (Å²) in [6.07, 6.45) is -4.28. The molecule has 0 radical (unpaired) electrons. The third-order valence-corrected chi connectivity index (χ3v) is 2.64. The molecule has 0 N–H and O–H groups in total. The molecule has 0 aliphatic rings. The Balaban J connectivity index is 2.46. The van der Waals surface area contributed by atoms with Crippen LogP contribution in [0.25, 0.3) is 11.1 Å². The quantitative estimate of drug-likeness (QED) is 0.674. The van der Waals surface area contributed by atoms with Crippen molar-refractivity contribution < 1.29 is 13.2 Å². The number of hydrogen-bond acceptors (Lipinski definition) is 0. The molecule has 88 valence electrons. The van der Waals surface area contributed by atoms with E-state index in [4.69, 9.17) is 0 Å². The van der Waals surface area contributed by atoms with E-state index < -0.39 is 11.7 Å². The van der Waals surface area contributed by atoms with Crippen molar-refractivity contribution in [2.24, 2.45) is 0 Å². The summed E-state index contributed by atoms with van der Waals surface area (Å²) in [6.45, 7) is 1.69. The first-order valence-electron chi connectivity index (χ1n) is 5.22. The summed E-state index contributed by atoms with van der Waals surface area (Å²) in [5.74, 6) is 0. The predicted molar refractivity (Wildman–Crippen MR) is 61.6 cm³/mol. The van der Waals surface area contributed by atoms with E-state index >= 15 is 0 Å². The molecule has 0 aliphatic carbocycles. The second kappa shape index (κ2) is 4.24. The summed E-state index contributed by atoms with van der Waals surface area (Å²) in [7, 11) is 0. The third kappa shape index (κ3) is 2.49. The van der Waals surface area contributed by atoms with Gasteiger partial charge in [0.1, 0.15) is 0 Å². The lowest BCUT2D eigenvalue weighted by Crippen LogP contribution is -2.05. The SMILES string of the molecule is Cc1cc(C(F)(F)F)ccc1-c1ccccc1. The van der Waals surface area contributed by atoms with Crippen LogP contribution in [0.5, 0.6) is 0 Å². The highest BCUT2D eigenvalue weighted by Crippen LogP contribution is 2.32. The molecule has 2 rings (SSSR count). The summed E-state index contributed by atoms with van der Waals surface area (Å²) in [5, 5.41) is 0. The van der Waals surface area contributed by atoms with Crippen molar-refractivity contribution in [3.8, 4) is 11.1 Å². The topological polar surface area (TPSA) is 0 Å². The van der Waals surface area contributed by atoms with Crippen molar-refractivity contribution in [2.45, 2.75) is 13.1 Å². The van der Waals surface area contributed by atoms with Gasteiger partial charge in [-0.3, -0.25) is 0 Å². The van der Waals surface area contributed by atoms with Gasteiger partial charge in [0.2, 0.25) is 0 Å². The molecule has 0 aliphatic heterocycles. The van der Waals surface area contributed by atoms with Crippen LogP contribution < -0.4 is 0 Å². The van der Waals surface area contributed by atoms with E-state index in [2.05, 4.69) is 0 Å². The van der Waals surface area contributed by atoms with Gasteiger partial charge in [0, 0.05) is 0 Å². The summed E-state index contributed by atoms with van der Waals surface area (Å²) in [6, 6.07) is 13.2. The third-order valence-electron chi connectivity index (χ3n) is 2.64. The Labute approximate surface area is 97.7 Å². The van der Waals surface area contributed by atoms with Gasteiger partial charge in [0.25, 0.3) is 0 Å². The van der Waals surface area contributed by atoms with Crippen molar-refractivity contribution >= 4 is 0 Å². The molecule has 0 heterocycles. The average Bonchev–Trinajstić information content (AvgIpc) is 2.29. The Kier molecular flexibility index (Phi) is 2.92. The first-order valence-corrected chi connectivity index (χ1v) is 5.22. The van der Waals surface area contributed by atoms with Crippen LogP contribution in [0, 0.1) is 6.92 Å². The Hall–Kier alpha value is -1.77. The molecule has 0 unspecified atom stereocenters. The molecule has 0 aromatic heterocycles. The van der Waals surface area contributed by atoms with Gasteiger partial charge in [0.05, 0.1) is 5.56 Å². The van der Waals surface area contributed by atoms with Crippen LogP contribution in [0.3, 0.4) is 0 Å². The van der Waals surface area contributed by atoms with Crippen LogP contribution >= 0.6 is 0 Å². The van der Waals surface area contributed by atoms with Crippen molar-refractivity contribution in [1.29, 1.82) is 0 Å². The average molecular weight is 236 g/mol. The van der Waals surface area contributed by atoms with E-state index in [1.54, 1.807) is 6.92 Å². The van der Waals surface area contributed by atoms with Gasteiger partial charge in [-0.05, 0) is 35.7 Å². The molecule has 0 bridgehead atoms. The van der Waals surface area contributed by atoms with E-state index in [9.17, 15) is 13.2 Å². The molecule has 0 fully saturated rings. The molecule has 0 amide bonds. The number of hydrogen-bond donors (Lipinski definition) is 0. The molecule has 0 spiro atoms. The highest BCUT2D eigenvalue weighted by atomic mass is 19.4. The maximum absolute atomic E-state index is 12.5. The Bertz CT molecular complexity index is 513. The minimum absolute atomic E-state index is 0.602. The summed E-state index contributed by atoms with van der Waals surface area (Å²) < 4.78 is 37.5. The van der Waals surface area contributed by atoms with Gasteiger partial charge >= 0.3 is 6.18 Å². The van der Waals surface area contributed by atoms with Crippen molar-refractivity contribution in [3.63, 3.8) is 0 Å². The fourth-order valence-electron chi connectivity index (χ4n) is 1.78. The molecule has 0 saturated heterocycles. The first kappa shape index (κ1) is 11.7. The van der Waals surface area contributed by atoms with E-state index in [0.717, 1.165) is 17.2 Å². The largest absolute Gasteiger partial charge is 0.416 e. The molecule has 3 heteroatoms. The molecular formula is C14H11F3. The molecule has 0 atom stereocenters. The molecule has 0 saturated carbocycles. The van der Waals surface area contributed by atoms with E-state index in [-0.39, 0.29) is 0 Å². The minimum atomic E-state index is -4.28. The fraction of sp³-hybridized carbons (Fsp3) is 0.143. The maximum atomic E-state index is 12.5. The molecule has 17 heavy (non-hydrogen) atoms. The molecular weight excluding hydrogens is 225 g/mol. The smallest absolute Gasteiger partial charge is 0.166 e. The van der Waals surface area contributed by atoms with Gasteiger partial charge in [-0.2, -0.15) is 13.2 Å². The van der Waals surface area contributed by atoms with E-state index in [0.29, 0.717) is 5.56 Å². The lowest BCUT2D eigenvalue weighted by Gasteiger charge is -2.11. The van der Waals surface area contributed by atoms with E-state index in [1.165, 1.54) is 12.1 Å². The van der Waals surface area contributed by atoms with Crippen molar-refractivity contribution in [2.75, 3.05) is 0 Å². The lowest BCUT2D eigenvalue weighted by atomic mass is 9.98. The summed E-state index contributed by atoms with van der Waals surface area (Å²) in [5.41, 5.74) is 1.79. The second-order valence-corrected chi connectivity index (χ2v) is 3.89. The summed E-state index contributed by atoms with van der Waals surface area (Å²) in [4.78, 5) is 0. The van der Waals surface area contributed by atoms with Crippen LogP contribution in [0.4, 0.5) is 13.2 Å². The van der Waals surface area contributed by atoms with Crippen LogP contribution in [0.1, 0.15) is 11.1 Å². The number of benzene rings is 2. The Morgan fingerprint density at radius 2 is 1.53 bits per heavy atom. The number of aryl methyl sites for hydroxylation is 1. The van der Waals surface area contributed by atoms with E-state index in [1.807, 2.05) is 30.3 Å². The van der Waals surface area contributed by atoms with Gasteiger partial charge in [-0.15, -0.1) is 0 Å². The zero-order valence-electron chi connectivity index (χ0n) is 9.25. The fourth-order valence-corrected chi connectivity index (χ4v) is 1.78. The van der Waals surface area contributed by atoms with Crippen molar-refractivity contribution in [3.05, 3.63) is 59.7 Å². The number of halogens is 3. The maximum Gasteiger partial charge on any atom is 0.416 e. The molecule has 2 aromatic carbocycles. The summed E-state index contributed by atoms with van der Waals surface area (Å²) >= 11 is 0. The number of rotatable bonds is 1. The van der Waals surface area contributed by atoms with Crippen LogP contribution in [0.15, 0.2) is 48.5 Å². The van der Waals surface area contributed by atoms with Crippen molar-refractivity contribution in [1.82, 2.24) is 0 Å². The monoisotopic (exact) mass is 236 g/mol. The van der Waals surface area contributed by atoms with Gasteiger partial charge in [0.15, 0.2) is 0 Å². The Morgan fingerprint density at radius 3 is 2.06 bits per heavy atom. The first-order chi connectivity index (χ1) is 7.98. The van der Waals surface area contributed by atoms with Gasteiger partial charge < -0.3 is 0 Å². The van der Waals surface area contributed by atoms with Crippen LogP contribution in [-0.4, -0.2) is 0 Å². The zero-order chi connectivity index (χ0) is 12.5. The molecule has 0 nitrogen and oxygen atoms in total. The zero-order valence-corrected chi connectivity index (χ0v) is 9.25. The molecule has 2 aromatic rings. The number of alkyl halides is 3. The normalized spacial score (nSPS) is 11.5. The Morgan fingerprint density at radius 1 is 0.882 bits per heavy atom. The standard InChI is InChI=1S/C14H11F3/c1-10-9-12(14(15,16)17)7-8-13(10)11-5-3-2-4-6-11/h2-9H,1H3. The van der Waals surface area contributed by atoms with Gasteiger partial charge in [-0.25, -0.2) is 0 Å². The predicted octanol–water partition coefficient (Wildman–Crippen LogP) is 4.68. The second-order valence-electron chi connectivity index (χ2n) is 3.89. The minimum Gasteiger partial charge on any atom is -0.166 e. The highest BCUT2D eigenvalue weighted by molar-refractivity contribution is 5.67. The van der Waals surface area contributed by atoms with Gasteiger partial charge in [-0.1, -0.05) is 36.4 Å². The highest BCUT2D eigenvalue weighted by Gasteiger charge is 2.30.